The van der Waals surface area contributed by atoms with Crippen LogP contribution in [0.15, 0.2) is 84.9 Å². The lowest BCUT2D eigenvalue weighted by Gasteiger charge is -2.19. The van der Waals surface area contributed by atoms with Gasteiger partial charge in [0, 0.05) is 0 Å². The molecule has 0 N–H and O–H groups in total. The normalized spacial score (nSPS) is 10.8. The molecule has 0 spiro atoms. The highest BCUT2D eigenvalue weighted by Crippen LogP contribution is 2.49. The molecule has 3 rings (SSSR count). The summed E-state index contributed by atoms with van der Waals surface area (Å²) in [6.45, 7) is 0. The number of phosphoric ester groups is 1. The maximum atomic E-state index is 13.2. The van der Waals surface area contributed by atoms with Crippen molar-refractivity contribution in [2.75, 3.05) is 7.11 Å². The van der Waals surface area contributed by atoms with Gasteiger partial charge in [0.2, 0.25) is 0 Å². The number of methoxy groups -OCH3 is 1. The van der Waals surface area contributed by atoms with Crippen LogP contribution in [0.25, 0.3) is 0 Å². The lowest BCUT2D eigenvalue weighted by Crippen LogP contribution is -2.07. The van der Waals surface area contributed by atoms with Gasteiger partial charge >= 0.3 is 7.82 Å². The standard InChI is InChI=1S/C19H17O5P/c1-21-16-12-14-19(15-13-16)24-25(20,22-17-8-4-2-5-9-17)23-18-10-6-3-7-11-18/h2-15H,1H3. The summed E-state index contributed by atoms with van der Waals surface area (Å²) in [5, 5.41) is 0. The molecule has 0 amide bonds. The largest absolute Gasteiger partial charge is 0.647 e. The van der Waals surface area contributed by atoms with Crippen molar-refractivity contribution in [2.45, 2.75) is 0 Å². The Labute approximate surface area is 146 Å². The SMILES string of the molecule is COc1ccc(OP(=O)(Oc2ccccc2)Oc2ccccc2)cc1. The van der Waals surface area contributed by atoms with Crippen LogP contribution in [0, 0.1) is 0 Å². The lowest BCUT2D eigenvalue weighted by atomic mass is 10.3. The van der Waals surface area contributed by atoms with Crippen LogP contribution in [0.1, 0.15) is 0 Å². The molecule has 6 heteroatoms. The number of hydrogen-bond acceptors (Lipinski definition) is 5. The molecule has 0 saturated heterocycles. The van der Waals surface area contributed by atoms with Crippen LogP contribution in [0.4, 0.5) is 0 Å². The minimum atomic E-state index is -3.95. The zero-order valence-corrected chi connectivity index (χ0v) is 14.5. The van der Waals surface area contributed by atoms with E-state index in [2.05, 4.69) is 0 Å². The summed E-state index contributed by atoms with van der Waals surface area (Å²) in [5.74, 6) is 1.77. The van der Waals surface area contributed by atoms with Crippen LogP contribution < -0.4 is 18.3 Å². The Morgan fingerprint density at radius 3 is 1.32 bits per heavy atom. The van der Waals surface area contributed by atoms with E-state index in [0.717, 1.165) is 0 Å². The number of phosphoric acid groups is 1. The summed E-state index contributed by atoms with van der Waals surface area (Å²) in [6.07, 6.45) is 0. The molecule has 0 radical (unpaired) electrons. The number of benzene rings is 3. The quantitative estimate of drug-likeness (QED) is 0.535. The van der Waals surface area contributed by atoms with Gasteiger partial charge in [-0.05, 0) is 48.5 Å². The van der Waals surface area contributed by atoms with E-state index >= 15 is 0 Å². The second-order valence-electron chi connectivity index (χ2n) is 5.02. The minimum Gasteiger partial charge on any atom is -0.497 e. The first-order valence-corrected chi connectivity index (χ1v) is 9.06. The smallest absolute Gasteiger partial charge is 0.497 e. The topological polar surface area (TPSA) is 54.0 Å². The van der Waals surface area contributed by atoms with Crippen LogP contribution in [-0.2, 0) is 4.57 Å². The molecular formula is C19H17O5P. The van der Waals surface area contributed by atoms with Gasteiger partial charge in [-0.3, -0.25) is 0 Å². The van der Waals surface area contributed by atoms with Crippen molar-refractivity contribution in [1.29, 1.82) is 0 Å². The van der Waals surface area contributed by atoms with Crippen LogP contribution in [0.3, 0.4) is 0 Å². The van der Waals surface area contributed by atoms with E-state index in [-0.39, 0.29) is 0 Å². The van der Waals surface area contributed by atoms with Crippen molar-refractivity contribution in [3.63, 3.8) is 0 Å². The average molecular weight is 356 g/mol. The van der Waals surface area contributed by atoms with Gasteiger partial charge in [-0.1, -0.05) is 36.4 Å². The van der Waals surface area contributed by atoms with Gasteiger partial charge in [-0.15, -0.1) is 0 Å². The summed E-state index contributed by atoms with van der Waals surface area (Å²) >= 11 is 0. The highest BCUT2D eigenvalue weighted by Gasteiger charge is 2.33. The molecule has 0 aliphatic rings. The molecule has 3 aromatic carbocycles. The molecule has 0 fully saturated rings. The monoisotopic (exact) mass is 356 g/mol. The molecule has 0 aliphatic heterocycles. The maximum absolute atomic E-state index is 13.2. The number of para-hydroxylation sites is 2. The third-order valence-corrected chi connectivity index (χ3v) is 4.50. The average Bonchev–Trinajstić information content (AvgIpc) is 2.64. The molecule has 0 aliphatic carbocycles. The molecule has 25 heavy (non-hydrogen) atoms. The van der Waals surface area contributed by atoms with Crippen LogP contribution in [0.5, 0.6) is 23.0 Å². The Balaban J connectivity index is 1.85. The van der Waals surface area contributed by atoms with Gasteiger partial charge < -0.3 is 18.3 Å². The third kappa shape index (κ3) is 4.78. The molecule has 0 heterocycles. The zero-order valence-electron chi connectivity index (χ0n) is 13.6. The molecule has 0 saturated carbocycles. The van der Waals surface area contributed by atoms with Gasteiger partial charge in [-0.2, -0.15) is 4.57 Å². The van der Waals surface area contributed by atoms with Gasteiger partial charge in [0.05, 0.1) is 7.11 Å². The van der Waals surface area contributed by atoms with Crippen molar-refractivity contribution in [1.82, 2.24) is 0 Å². The molecular weight excluding hydrogens is 339 g/mol. The van der Waals surface area contributed by atoms with Crippen molar-refractivity contribution >= 4 is 7.82 Å². The van der Waals surface area contributed by atoms with Crippen molar-refractivity contribution < 1.29 is 22.9 Å². The summed E-state index contributed by atoms with van der Waals surface area (Å²) in [6, 6.07) is 24.1. The Morgan fingerprint density at radius 1 is 0.560 bits per heavy atom. The fraction of sp³-hybridized carbons (Fsp3) is 0.0526. The fourth-order valence-corrected chi connectivity index (χ4v) is 3.29. The van der Waals surface area contributed by atoms with E-state index in [1.54, 1.807) is 79.9 Å². The Hall–Kier alpha value is -2.91. The summed E-state index contributed by atoms with van der Waals surface area (Å²) < 4.78 is 34.9. The van der Waals surface area contributed by atoms with E-state index < -0.39 is 7.82 Å². The fourth-order valence-electron chi connectivity index (χ4n) is 2.04. The van der Waals surface area contributed by atoms with Gasteiger partial charge in [0.15, 0.2) is 0 Å². The summed E-state index contributed by atoms with van der Waals surface area (Å²) in [7, 11) is -2.38. The first-order chi connectivity index (χ1) is 12.2. The maximum Gasteiger partial charge on any atom is 0.647 e. The predicted molar refractivity (Wildman–Crippen MR) is 95.4 cm³/mol. The highest BCUT2D eigenvalue weighted by atomic mass is 31.2. The van der Waals surface area contributed by atoms with Gasteiger partial charge in [-0.25, -0.2) is 0 Å². The minimum absolute atomic E-state index is 0.344. The number of ether oxygens (including phenoxy) is 1. The molecule has 0 unspecified atom stereocenters. The van der Waals surface area contributed by atoms with E-state index in [0.29, 0.717) is 23.0 Å². The first kappa shape index (κ1) is 16.9. The lowest BCUT2D eigenvalue weighted by molar-refractivity contribution is 0.298. The third-order valence-electron chi connectivity index (χ3n) is 3.20. The first-order valence-electron chi connectivity index (χ1n) is 7.60. The van der Waals surface area contributed by atoms with E-state index in [1.165, 1.54) is 0 Å². The number of hydrogen-bond donors (Lipinski definition) is 0. The van der Waals surface area contributed by atoms with Crippen LogP contribution >= 0.6 is 7.82 Å². The van der Waals surface area contributed by atoms with Crippen LogP contribution in [0.2, 0.25) is 0 Å². The molecule has 0 aromatic heterocycles. The molecule has 0 atom stereocenters. The van der Waals surface area contributed by atoms with Crippen molar-refractivity contribution in [3.8, 4) is 23.0 Å². The van der Waals surface area contributed by atoms with Gasteiger partial charge in [0.25, 0.3) is 0 Å². The van der Waals surface area contributed by atoms with E-state index in [1.807, 2.05) is 12.1 Å². The zero-order chi connectivity index (χ0) is 17.5. The summed E-state index contributed by atoms with van der Waals surface area (Å²) in [4.78, 5) is 0. The Kier molecular flexibility index (Phi) is 5.26. The van der Waals surface area contributed by atoms with Crippen LogP contribution in [-0.4, -0.2) is 7.11 Å². The molecule has 0 bridgehead atoms. The highest BCUT2D eigenvalue weighted by molar-refractivity contribution is 7.49. The Bertz CT molecular complexity index is 789. The molecule has 5 nitrogen and oxygen atoms in total. The van der Waals surface area contributed by atoms with Crippen molar-refractivity contribution in [2.24, 2.45) is 0 Å². The second-order valence-corrected chi connectivity index (χ2v) is 6.46. The second kappa shape index (κ2) is 7.77. The molecule has 128 valence electrons. The molecule has 3 aromatic rings. The Morgan fingerprint density at radius 2 is 0.920 bits per heavy atom. The van der Waals surface area contributed by atoms with E-state index in [4.69, 9.17) is 18.3 Å². The van der Waals surface area contributed by atoms with Crippen molar-refractivity contribution in [3.05, 3.63) is 84.9 Å². The summed E-state index contributed by atoms with van der Waals surface area (Å²) in [5.41, 5.74) is 0. The van der Waals surface area contributed by atoms with E-state index in [9.17, 15) is 4.57 Å². The number of rotatable bonds is 7. The predicted octanol–water partition coefficient (Wildman–Crippen LogP) is 5.34. The van der Waals surface area contributed by atoms with Gasteiger partial charge in [0.1, 0.15) is 23.0 Å².